The Morgan fingerprint density at radius 2 is 1.74 bits per heavy atom. The number of nitrogens with zero attached hydrogens (tertiary/aromatic N) is 1. The highest BCUT2D eigenvalue weighted by molar-refractivity contribution is 6.31. The molecule has 5 rings (SSSR count). The van der Waals surface area contributed by atoms with Crippen molar-refractivity contribution in [3.8, 4) is 5.75 Å². The van der Waals surface area contributed by atoms with E-state index in [4.69, 9.17) is 20.8 Å². The van der Waals surface area contributed by atoms with Crippen molar-refractivity contribution in [3.63, 3.8) is 0 Å². The second-order valence-electron chi connectivity index (χ2n) is 9.06. The summed E-state index contributed by atoms with van der Waals surface area (Å²) in [4.78, 5) is 40.9. The number of ketones is 1. The Hall–Kier alpha value is -4.56. The maximum atomic E-state index is 13.7. The second-order valence-corrected chi connectivity index (χ2v) is 9.49. The summed E-state index contributed by atoms with van der Waals surface area (Å²) < 4.78 is 11.0. The fraction of sp³-hybridized carbons (Fsp3) is 0.138. The summed E-state index contributed by atoms with van der Waals surface area (Å²) in [6.45, 7) is 3.44. The van der Waals surface area contributed by atoms with Gasteiger partial charge in [-0.3, -0.25) is 14.5 Å². The number of Topliss-reactive ketones (excluding diaryl/α,β-unsaturated/α-hetero) is 1. The fourth-order valence-electron chi connectivity index (χ4n) is 4.40. The lowest BCUT2D eigenvalue weighted by Gasteiger charge is -2.27. The van der Waals surface area contributed by atoms with Crippen molar-refractivity contribution < 1.29 is 33.8 Å². The number of halogens is 1. The summed E-state index contributed by atoms with van der Waals surface area (Å²) in [7, 11) is 0. The van der Waals surface area contributed by atoms with Crippen LogP contribution in [0.15, 0.2) is 88.5 Å². The Bertz CT molecular complexity index is 1620. The van der Waals surface area contributed by atoms with Gasteiger partial charge in [-0.15, -0.1) is 0 Å². The number of aliphatic hydroxyl groups is 1. The molecule has 0 aliphatic carbocycles. The summed E-state index contributed by atoms with van der Waals surface area (Å²) >= 11 is 6.06. The average molecular weight is 532 g/mol. The number of phenols is 1. The second kappa shape index (κ2) is 9.72. The molecule has 0 spiro atoms. The van der Waals surface area contributed by atoms with Crippen molar-refractivity contribution in [3.05, 3.63) is 106 Å². The molecule has 38 heavy (non-hydrogen) atoms. The number of aromatic hydroxyl groups is 1. The topological polar surface area (TPSA) is 117 Å². The molecule has 0 bridgehead atoms. The van der Waals surface area contributed by atoms with E-state index in [1.54, 1.807) is 62.4 Å². The van der Waals surface area contributed by atoms with E-state index in [1.165, 1.54) is 29.2 Å². The Labute approximate surface area is 222 Å². The number of amides is 1. The molecule has 0 saturated carbocycles. The first-order chi connectivity index (χ1) is 18.1. The summed E-state index contributed by atoms with van der Waals surface area (Å²) in [6, 6.07) is 17.4. The molecule has 1 aliphatic rings. The van der Waals surface area contributed by atoms with Crippen LogP contribution in [0.5, 0.6) is 5.75 Å². The van der Waals surface area contributed by atoms with Gasteiger partial charge in [0.15, 0.2) is 11.5 Å². The minimum Gasteiger partial charge on any atom is -0.508 e. The molecular formula is C29H22ClNO7. The number of fused-ring (bicyclic) bond motifs is 1. The van der Waals surface area contributed by atoms with Crippen LogP contribution in [-0.2, 0) is 9.53 Å². The van der Waals surface area contributed by atoms with Crippen molar-refractivity contribution in [2.45, 2.75) is 26.0 Å². The SMILES string of the molecule is CC(C)OC(=O)c1cccc(N2C(=O)C(O)=C(C(=O)c3cc4cc(Cl)ccc4o3)C2c2ccc(O)cc2)c1. The average Bonchev–Trinajstić information content (AvgIpc) is 3.42. The smallest absolute Gasteiger partial charge is 0.338 e. The number of carbonyl (C=O) groups is 3. The highest BCUT2D eigenvalue weighted by Crippen LogP contribution is 2.43. The molecule has 8 nitrogen and oxygen atoms in total. The van der Waals surface area contributed by atoms with Crippen LogP contribution in [0, 0.1) is 0 Å². The van der Waals surface area contributed by atoms with Crippen LogP contribution in [0.25, 0.3) is 11.0 Å². The number of esters is 1. The summed E-state index contributed by atoms with van der Waals surface area (Å²) in [6.07, 6.45) is -0.349. The van der Waals surface area contributed by atoms with Crippen LogP contribution in [0.4, 0.5) is 5.69 Å². The van der Waals surface area contributed by atoms with Gasteiger partial charge in [-0.2, -0.15) is 0 Å². The molecular weight excluding hydrogens is 510 g/mol. The largest absolute Gasteiger partial charge is 0.508 e. The van der Waals surface area contributed by atoms with E-state index in [-0.39, 0.29) is 34.4 Å². The molecule has 3 aromatic carbocycles. The standard InChI is InChI=1S/C29H22ClNO7/c1-15(2)37-29(36)17-4-3-5-20(13-17)31-25(16-6-9-21(32)10-7-16)24(27(34)28(31)35)26(33)23-14-18-12-19(30)8-11-22(18)38-23/h3-15,25,32,34H,1-2H3. The zero-order valence-corrected chi connectivity index (χ0v) is 21.1. The lowest BCUT2D eigenvalue weighted by atomic mass is 9.94. The fourth-order valence-corrected chi connectivity index (χ4v) is 4.58. The van der Waals surface area contributed by atoms with Crippen LogP contribution in [0.1, 0.15) is 46.4 Å². The van der Waals surface area contributed by atoms with E-state index >= 15 is 0 Å². The number of phenolic OH excluding ortho intramolecular Hbond substituents is 1. The van der Waals surface area contributed by atoms with E-state index in [0.717, 1.165) is 0 Å². The third-order valence-electron chi connectivity index (χ3n) is 6.07. The first-order valence-corrected chi connectivity index (χ1v) is 12.1. The highest BCUT2D eigenvalue weighted by Gasteiger charge is 2.45. The summed E-state index contributed by atoms with van der Waals surface area (Å²) in [5.41, 5.74) is 1.11. The quantitative estimate of drug-likeness (QED) is 0.227. The maximum Gasteiger partial charge on any atom is 0.338 e. The number of furan rings is 1. The van der Waals surface area contributed by atoms with Gasteiger partial charge in [0, 0.05) is 16.1 Å². The molecule has 0 fully saturated rings. The molecule has 2 heterocycles. The monoisotopic (exact) mass is 531 g/mol. The molecule has 192 valence electrons. The lowest BCUT2D eigenvalue weighted by molar-refractivity contribution is -0.117. The Morgan fingerprint density at radius 3 is 2.45 bits per heavy atom. The predicted molar refractivity (Wildman–Crippen MR) is 141 cm³/mol. The molecule has 1 aromatic heterocycles. The molecule has 4 aromatic rings. The van der Waals surface area contributed by atoms with Crippen LogP contribution < -0.4 is 4.90 Å². The van der Waals surface area contributed by atoms with Crippen molar-refractivity contribution >= 4 is 45.9 Å². The van der Waals surface area contributed by atoms with Crippen LogP contribution in [0.3, 0.4) is 0 Å². The third kappa shape index (κ3) is 4.50. The highest BCUT2D eigenvalue weighted by atomic mass is 35.5. The molecule has 0 radical (unpaired) electrons. The predicted octanol–water partition coefficient (Wildman–Crippen LogP) is 6.14. The first kappa shape index (κ1) is 25.1. The van der Waals surface area contributed by atoms with Gasteiger partial charge in [0.05, 0.1) is 23.3 Å². The van der Waals surface area contributed by atoms with Crippen molar-refractivity contribution in [2.75, 3.05) is 4.90 Å². The number of anilines is 1. The van der Waals surface area contributed by atoms with Gasteiger partial charge in [0.25, 0.3) is 5.91 Å². The number of benzene rings is 3. The number of hydrogen-bond donors (Lipinski definition) is 2. The minimum atomic E-state index is -1.08. The summed E-state index contributed by atoms with van der Waals surface area (Å²) in [5.74, 6) is -2.96. The van der Waals surface area contributed by atoms with Gasteiger partial charge in [-0.1, -0.05) is 29.8 Å². The van der Waals surface area contributed by atoms with Crippen LogP contribution in [0.2, 0.25) is 5.02 Å². The number of aliphatic hydroxyl groups excluding tert-OH is 1. The van der Waals surface area contributed by atoms with E-state index in [9.17, 15) is 24.6 Å². The van der Waals surface area contributed by atoms with E-state index < -0.39 is 29.5 Å². The minimum absolute atomic E-state index is 0.0155. The maximum absolute atomic E-state index is 13.7. The van der Waals surface area contributed by atoms with Crippen molar-refractivity contribution in [1.82, 2.24) is 0 Å². The molecule has 1 atom stereocenters. The van der Waals surface area contributed by atoms with Crippen LogP contribution >= 0.6 is 11.6 Å². The Morgan fingerprint density at radius 1 is 1.00 bits per heavy atom. The molecule has 0 saturated heterocycles. The first-order valence-electron chi connectivity index (χ1n) is 11.7. The van der Waals surface area contributed by atoms with Gasteiger partial charge < -0.3 is 19.4 Å². The zero-order chi connectivity index (χ0) is 27.1. The number of ether oxygens (including phenoxy) is 1. The Kier molecular flexibility index (Phi) is 6.42. The van der Waals surface area contributed by atoms with Gasteiger partial charge in [0.1, 0.15) is 11.3 Å². The summed E-state index contributed by atoms with van der Waals surface area (Å²) in [5, 5.41) is 21.9. The van der Waals surface area contributed by atoms with Gasteiger partial charge in [0.2, 0.25) is 5.78 Å². The van der Waals surface area contributed by atoms with Crippen molar-refractivity contribution in [2.24, 2.45) is 0 Å². The van der Waals surface area contributed by atoms with Gasteiger partial charge in [-0.25, -0.2) is 4.79 Å². The number of carbonyl (C=O) groups excluding carboxylic acids is 3. The van der Waals surface area contributed by atoms with E-state index in [2.05, 4.69) is 0 Å². The third-order valence-corrected chi connectivity index (χ3v) is 6.30. The normalized spacial score (nSPS) is 15.5. The van der Waals surface area contributed by atoms with Gasteiger partial charge >= 0.3 is 5.97 Å². The number of rotatable bonds is 6. The Balaban J connectivity index is 1.62. The molecule has 1 aliphatic heterocycles. The van der Waals surface area contributed by atoms with Gasteiger partial charge in [-0.05, 0) is 74.0 Å². The molecule has 1 unspecified atom stereocenters. The zero-order valence-electron chi connectivity index (χ0n) is 20.3. The number of hydrogen-bond acceptors (Lipinski definition) is 7. The lowest BCUT2D eigenvalue weighted by Crippen LogP contribution is -2.31. The molecule has 1 amide bonds. The van der Waals surface area contributed by atoms with E-state index in [0.29, 0.717) is 21.6 Å². The van der Waals surface area contributed by atoms with Crippen molar-refractivity contribution in [1.29, 1.82) is 0 Å². The molecule has 9 heteroatoms. The van der Waals surface area contributed by atoms with Crippen LogP contribution in [-0.4, -0.2) is 34.0 Å². The van der Waals surface area contributed by atoms with E-state index in [1.807, 2.05) is 0 Å². The molecule has 2 N–H and O–H groups in total.